The molecule has 0 unspecified atom stereocenters. The molecule has 1 saturated heterocycles. The molecule has 1 aliphatic heterocycles. The molecule has 3 heterocycles. The number of carbonyl (C=O) groups excluding carboxylic acids is 1. The predicted octanol–water partition coefficient (Wildman–Crippen LogP) is 2.92. The van der Waals surface area contributed by atoms with Gasteiger partial charge in [-0.3, -0.25) is 4.79 Å². The first-order valence-corrected chi connectivity index (χ1v) is 8.57. The number of piperidine rings is 1. The van der Waals surface area contributed by atoms with Gasteiger partial charge in [-0.2, -0.15) is 5.10 Å². The van der Waals surface area contributed by atoms with Gasteiger partial charge in [0.25, 0.3) is 5.91 Å². The lowest BCUT2D eigenvalue weighted by molar-refractivity contribution is 0.0520. The summed E-state index contributed by atoms with van der Waals surface area (Å²) < 4.78 is 1.67. The first-order chi connectivity index (χ1) is 11.3. The minimum Gasteiger partial charge on any atom is -0.338 e. The Morgan fingerprint density at radius 1 is 1.09 bits per heavy atom. The molecule has 120 valence electrons. The minimum atomic E-state index is 0.0904. The first kappa shape index (κ1) is 14.4. The van der Waals surface area contributed by atoms with Gasteiger partial charge in [0.2, 0.25) is 0 Å². The van der Waals surface area contributed by atoms with Crippen LogP contribution in [0.4, 0.5) is 0 Å². The highest BCUT2D eigenvalue weighted by molar-refractivity contribution is 5.97. The minimum absolute atomic E-state index is 0.0904. The van der Waals surface area contributed by atoms with Crippen molar-refractivity contribution < 1.29 is 4.79 Å². The number of hydrogen-bond acceptors (Lipinski definition) is 3. The van der Waals surface area contributed by atoms with Gasteiger partial charge in [-0.15, -0.1) is 0 Å². The Kier molecular flexibility index (Phi) is 3.85. The van der Waals surface area contributed by atoms with Gasteiger partial charge in [-0.05, 0) is 42.9 Å². The summed E-state index contributed by atoms with van der Waals surface area (Å²) in [5, 5.41) is 4.22. The van der Waals surface area contributed by atoms with Crippen LogP contribution in [0.25, 0.3) is 5.82 Å². The van der Waals surface area contributed by atoms with E-state index in [1.54, 1.807) is 17.1 Å². The van der Waals surface area contributed by atoms with Gasteiger partial charge in [0.1, 0.15) is 0 Å². The van der Waals surface area contributed by atoms with Crippen molar-refractivity contribution in [3.63, 3.8) is 0 Å². The summed E-state index contributed by atoms with van der Waals surface area (Å²) in [4.78, 5) is 19.4. The molecule has 2 fully saturated rings. The second-order valence-corrected chi connectivity index (χ2v) is 6.67. The number of pyridine rings is 1. The fourth-order valence-electron chi connectivity index (χ4n) is 4.10. The summed E-state index contributed by atoms with van der Waals surface area (Å²) >= 11 is 0. The molecule has 0 radical (unpaired) electrons. The van der Waals surface area contributed by atoms with Crippen molar-refractivity contribution in [1.29, 1.82) is 0 Å². The molecule has 0 aromatic carbocycles. The van der Waals surface area contributed by atoms with Crippen molar-refractivity contribution in [1.82, 2.24) is 19.7 Å². The van der Waals surface area contributed by atoms with Crippen LogP contribution in [0.5, 0.6) is 0 Å². The maximum Gasteiger partial charge on any atom is 0.257 e. The Hall–Kier alpha value is -2.17. The van der Waals surface area contributed by atoms with Crippen LogP contribution in [0, 0.1) is 11.8 Å². The number of rotatable bonds is 2. The molecule has 0 bridgehead atoms. The third-order valence-electron chi connectivity index (χ3n) is 5.32. The number of carbonyl (C=O) groups is 1. The van der Waals surface area contributed by atoms with E-state index in [4.69, 9.17) is 0 Å². The van der Waals surface area contributed by atoms with E-state index < -0.39 is 0 Å². The average molecular weight is 310 g/mol. The van der Waals surface area contributed by atoms with Crippen LogP contribution in [-0.2, 0) is 0 Å². The second-order valence-electron chi connectivity index (χ2n) is 6.67. The van der Waals surface area contributed by atoms with Crippen molar-refractivity contribution in [2.45, 2.75) is 32.1 Å². The summed E-state index contributed by atoms with van der Waals surface area (Å²) in [5.74, 6) is 2.22. The van der Waals surface area contributed by atoms with Gasteiger partial charge in [-0.25, -0.2) is 9.67 Å². The van der Waals surface area contributed by atoms with E-state index in [9.17, 15) is 4.79 Å². The summed E-state index contributed by atoms with van der Waals surface area (Å²) in [7, 11) is 0. The zero-order valence-electron chi connectivity index (χ0n) is 13.3. The van der Waals surface area contributed by atoms with E-state index in [1.807, 2.05) is 29.3 Å². The topological polar surface area (TPSA) is 51.0 Å². The van der Waals surface area contributed by atoms with E-state index in [0.717, 1.165) is 25.4 Å². The lowest BCUT2D eigenvalue weighted by Crippen LogP contribution is -2.45. The van der Waals surface area contributed by atoms with E-state index in [1.165, 1.54) is 25.7 Å². The van der Waals surface area contributed by atoms with Crippen LogP contribution in [0.1, 0.15) is 42.5 Å². The average Bonchev–Trinajstić information content (AvgIpc) is 3.15. The maximum absolute atomic E-state index is 13.0. The molecule has 1 saturated carbocycles. The third kappa shape index (κ3) is 2.76. The highest BCUT2D eigenvalue weighted by atomic mass is 16.2. The number of amides is 1. The quantitative estimate of drug-likeness (QED) is 0.857. The molecule has 5 nitrogen and oxygen atoms in total. The van der Waals surface area contributed by atoms with E-state index in [2.05, 4.69) is 10.1 Å². The first-order valence-electron chi connectivity index (χ1n) is 8.57. The molecule has 1 amide bonds. The Balaban J connectivity index is 1.58. The largest absolute Gasteiger partial charge is 0.338 e. The predicted molar refractivity (Wildman–Crippen MR) is 87.3 cm³/mol. The Morgan fingerprint density at radius 3 is 2.78 bits per heavy atom. The molecule has 2 aromatic heterocycles. The molecule has 0 N–H and O–H groups in total. The molecule has 4 rings (SSSR count). The Morgan fingerprint density at radius 2 is 1.96 bits per heavy atom. The van der Waals surface area contributed by atoms with Crippen molar-refractivity contribution in [3.8, 4) is 5.82 Å². The van der Waals surface area contributed by atoms with Gasteiger partial charge in [0.05, 0.1) is 5.56 Å². The second kappa shape index (κ2) is 6.14. The highest BCUT2D eigenvalue weighted by Gasteiger charge is 2.33. The van der Waals surface area contributed by atoms with Crippen molar-refractivity contribution in [2.75, 3.05) is 13.1 Å². The summed E-state index contributed by atoms with van der Waals surface area (Å²) in [6.45, 7) is 1.77. The van der Waals surface area contributed by atoms with E-state index in [0.29, 0.717) is 17.3 Å². The van der Waals surface area contributed by atoms with Gasteiger partial charge in [-0.1, -0.05) is 19.3 Å². The summed E-state index contributed by atoms with van der Waals surface area (Å²) in [5.41, 5.74) is 0.644. The zero-order chi connectivity index (χ0) is 15.6. The molecule has 23 heavy (non-hydrogen) atoms. The SMILES string of the molecule is O=C(c1cccnc1-n1cccn1)N1CC[C@H]2CCCC[C@H]2C1. The molecule has 0 spiro atoms. The Bertz CT molecular complexity index is 682. The Labute approximate surface area is 136 Å². The number of nitrogens with zero attached hydrogens (tertiary/aromatic N) is 4. The normalized spacial score (nSPS) is 24.3. The van der Waals surface area contributed by atoms with Crippen LogP contribution in [0.2, 0.25) is 0 Å². The number of likely N-dealkylation sites (tertiary alicyclic amines) is 1. The van der Waals surface area contributed by atoms with Crippen molar-refractivity contribution in [3.05, 3.63) is 42.4 Å². The van der Waals surface area contributed by atoms with E-state index >= 15 is 0 Å². The number of hydrogen-bond donors (Lipinski definition) is 0. The van der Waals surface area contributed by atoms with Crippen LogP contribution in [0.3, 0.4) is 0 Å². The molecule has 2 aromatic rings. The molecular formula is C18H22N4O. The maximum atomic E-state index is 13.0. The van der Waals surface area contributed by atoms with Crippen LogP contribution in [0.15, 0.2) is 36.8 Å². The third-order valence-corrected chi connectivity index (χ3v) is 5.32. The highest BCUT2D eigenvalue weighted by Crippen LogP contribution is 2.36. The van der Waals surface area contributed by atoms with Crippen LogP contribution in [-0.4, -0.2) is 38.7 Å². The smallest absolute Gasteiger partial charge is 0.257 e. The molecular weight excluding hydrogens is 288 g/mol. The summed E-state index contributed by atoms with van der Waals surface area (Å²) in [6.07, 6.45) is 11.7. The van der Waals surface area contributed by atoms with Gasteiger partial charge in [0.15, 0.2) is 5.82 Å². The van der Waals surface area contributed by atoms with Gasteiger partial charge >= 0.3 is 0 Å². The zero-order valence-corrected chi connectivity index (χ0v) is 13.3. The lowest BCUT2D eigenvalue weighted by Gasteiger charge is -2.41. The molecule has 5 heteroatoms. The summed E-state index contributed by atoms with van der Waals surface area (Å²) in [6, 6.07) is 5.53. The monoisotopic (exact) mass is 310 g/mol. The fourth-order valence-corrected chi connectivity index (χ4v) is 4.10. The number of aromatic nitrogens is 3. The lowest BCUT2D eigenvalue weighted by atomic mass is 9.75. The van der Waals surface area contributed by atoms with Gasteiger partial charge < -0.3 is 4.90 Å². The van der Waals surface area contributed by atoms with E-state index in [-0.39, 0.29) is 5.91 Å². The van der Waals surface area contributed by atoms with Gasteiger partial charge in [0, 0.05) is 31.7 Å². The molecule has 2 atom stereocenters. The molecule has 1 aliphatic carbocycles. The fraction of sp³-hybridized carbons (Fsp3) is 0.500. The number of fused-ring (bicyclic) bond motifs is 1. The van der Waals surface area contributed by atoms with Crippen LogP contribution >= 0.6 is 0 Å². The van der Waals surface area contributed by atoms with Crippen LogP contribution < -0.4 is 0 Å². The van der Waals surface area contributed by atoms with Crippen molar-refractivity contribution >= 4 is 5.91 Å². The molecule has 2 aliphatic rings. The van der Waals surface area contributed by atoms with Crippen molar-refractivity contribution in [2.24, 2.45) is 11.8 Å². The standard InChI is InChI=1S/C18H22N4O/c23-18(21-12-8-14-5-1-2-6-15(14)13-21)16-7-3-9-19-17(16)22-11-4-10-20-22/h3-4,7,9-11,14-15H,1-2,5-6,8,12-13H2/t14-,15+/m1/s1.